The van der Waals surface area contributed by atoms with Crippen molar-refractivity contribution in [2.45, 2.75) is 30.2 Å². The number of fused-ring (bicyclic) bond motifs is 2. The van der Waals surface area contributed by atoms with Gasteiger partial charge in [-0.05, 0) is 43.0 Å². The largest absolute Gasteiger partial charge is 0.348 e. The Labute approximate surface area is 161 Å². The Morgan fingerprint density at radius 1 is 1.19 bits per heavy atom. The molecule has 0 spiro atoms. The predicted molar refractivity (Wildman–Crippen MR) is 99.8 cm³/mol. The number of carbonyl (C=O) groups excluding carboxylic acids is 3. The average molecular weight is 391 g/mol. The molecule has 0 unspecified atom stereocenters. The zero-order valence-electron chi connectivity index (χ0n) is 14.1. The van der Waals surface area contributed by atoms with Gasteiger partial charge in [-0.15, -0.1) is 11.8 Å². The standard InChI is InChI=1S/C19H19ClN2O3S/c20-11-5-6-16-14(9-11)15(7-8-26-16)21-17(23)10-22-18(24)12-3-1-2-4-13(12)19(22)25/h1-2,5-6,9,12-13,15H,3-4,7-8,10H2,(H,21,23)/t12-,13-,15+/m1/s1. The van der Waals surface area contributed by atoms with Crippen molar-refractivity contribution in [3.8, 4) is 0 Å². The summed E-state index contributed by atoms with van der Waals surface area (Å²) in [6.45, 7) is -0.204. The molecule has 3 amide bonds. The number of carbonyl (C=O) groups is 3. The lowest BCUT2D eigenvalue weighted by Gasteiger charge is -2.27. The highest BCUT2D eigenvalue weighted by atomic mass is 35.5. The van der Waals surface area contributed by atoms with Gasteiger partial charge in [0, 0.05) is 15.7 Å². The molecular formula is C19H19ClN2O3S. The van der Waals surface area contributed by atoms with Crippen molar-refractivity contribution in [2.24, 2.45) is 11.8 Å². The van der Waals surface area contributed by atoms with Crippen LogP contribution in [0.4, 0.5) is 0 Å². The summed E-state index contributed by atoms with van der Waals surface area (Å²) in [4.78, 5) is 39.8. The number of thioether (sulfide) groups is 1. The summed E-state index contributed by atoms with van der Waals surface area (Å²) in [5, 5.41) is 3.61. The Bertz CT molecular complexity index is 784. The molecule has 26 heavy (non-hydrogen) atoms. The molecule has 1 N–H and O–H groups in total. The summed E-state index contributed by atoms with van der Waals surface area (Å²) in [7, 11) is 0. The maximum absolute atomic E-state index is 12.5. The highest BCUT2D eigenvalue weighted by Crippen LogP contribution is 2.38. The first-order valence-corrected chi connectivity index (χ1v) is 10.1. The molecule has 1 aromatic carbocycles. The zero-order chi connectivity index (χ0) is 18.3. The molecule has 1 aliphatic carbocycles. The average Bonchev–Trinajstić information content (AvgIpc) is 2.87. The molecule has 2 heterocycles. The topological polar surface area (TPSA) is 66.5 Å². The molecule has 5 nitrogen and oxygen atoms in total. The molecule has 0 bridgehead atoms. The first kappa shape index (κ1) is 17.6. The number of nitrogens with one attached hydrogen (secondary N) is 1. The van der Waals surface area contributed by atoms with Crippen LogP contribution in [-0.4, -0.2) is 34.9 Å². The SMILES string of the molecule is O=C(CN1C(=O)[C@@H]2CC=CC[C@H]2C1=O)N[C@H]1CCSc2ccc(Cl)cc21. The molecule has 1 fully saturated rings. The summed E-state index contributed by atoms with van der Waals surface area (Å²) in [6.07, 6.45) is 5.84. The van der Waals surface area contributed by atoms with Crippen LogP contribution in [0.1, 0.15) is 30.9 Å². The molecule has 0 radical (unpaired) electrons. The lowest BCUT2D eigenvalue weighted by atomic mass is 9.85. The summed E-state index contributed by atoms with van der Waals surface area (Å²) < 4.78 is 0. The molecule has 0 saturated carbocycles. The van der Waals surface area contributed by atoms with E-state index in [1.165, 1.54) is 0 Å². The molecule has 4 rings (SSSR count). The van der Waals surface area contributed by atoms with Crippen LogP contribution in [-0.2, 0) is 14.4 Å². The third kappa shape index (κ3) is 3.16. The number of allylic oxidation sites excluding steroid dienone is 2. The molecule has 3 atom stereocenters. The number of rotatable bonds is 3. The molecule has 1 aromatic rings. The first-order chi connectivity index (χ1) is 12.5. The van der Waals surface area contributed by atoms with Crippen LogP contribution < -0.4 is 5.32 Å². The Morgan fingerprint density at radius 2 is 1.88 bits per heavy atom. The summed E-state index contributed by atoms with van der Waals surface area (Å²) in [5.74, 6) is -0.445. The minimum absolute atomic E-state index is 0.144. The van der Waals surface area contributed by atoms with Crippen molar-refractivity contribution in [2.75, 3.05) is 12.3 Å². The van der Waals surface area contributed by atoms with Gasteiger partial charge in [0.25, 0.3) is 0 Å². The number of nitrogens with zero attached hydrogens (tertiary/aromatic N) is 1. The van der Waals surface area contributed by atoms with Gasteiger partial charge < -0.3 is 5.32 Å². The Hall–Kier alpha value is -1.79. The van der Waals surface area contributed by atoms with Crippen LogP contribution >= 0.6 is 23.4 Å². The summed E-state index contributed by atoms with van der Waals surface area (Å²) in [5.41, 5.74) is 0.999. The quantitative estimate of drug-likeness (QED) is 0.636. The van der Waals surface area contributed by atoms with Gasteiger partial charge in [0.1, 0.15) is 6.54 Å². The minimum Gasteiger partial charge on any atom is -0.348 e. The third-order valence-electron chi connectivity index (χ3n) is 5.25. The van der Waals surface area contributed by atoms with Gasteiger partial charge in [-0.3, -0.25) is 19.3 Å². The summed E-state index contributed by atoms with van der Waals surface area (Å²) >= 11 is 7.84. The van der Waals surface area contributed by atoms with E-state index >= 15 is 0 Å². The molecule has 1 saturated heterocycles. The molecule has 136 valence electrons. The van der Waals surface area contributed by atoms with Crippen molar-refractivity contribution in [1.82, 2.24) is 10.2 Å². The molecular weight excluding hydrogens is 372 g/mol. The van der Waals surface area contributed by atoms with Gasteiger partial charge in [-0.2, -0.15) is 0 Å². The smallest absolute Gasteiger partial charge is 0.240 e. The van der Waals surface area contributed by atoms with Crippen LogP contribution in [0.15, 0.2) is 35.2 Å². The van der Waals surface area contributed by atoms with Crippen LogP contribution in [0.25, 0.3) is 0 Å². The van der Waals surface area contributed by atoms with Gasteiger partial charge >= 0.3 is 0 Å². The van der Waals surface area contributed by atoms with E-state index in [4.69, 9.17) is 11.6 Å². The van der Waals surface area contributed by atoms with Gasteiger partial charge in [-0.25, -0.2) is 0 Å². The molecule has 2 aliphatic heterocycles. The molecule has 0 aromatic heterocycles. The van der Waals surface area contributed by atoms with E-state index in [0.29, 0.717) is 17.9 Å². The normalized spacial score (nSPS) is 27.3. The van der Waals surface area contributed by atoms with Crippen molar-refractivity contribution in [3.05, 3.63) is 40.9 Å². The number of imide groups is 1. The third-order valence-corrected chi connectivity index (χ3v) is 6.60. The number of hydrogen-bond acceptors (Lipinski definition) is 4. The monoisotopic (exact) mass is 390 g/mol. The van der Waals surface area contributed by atoms with E-state index in [-0.39, 0.29) is 42.1 Å². The first-order valence-electron chi connectivity index (χ1n) is 8.76. The lowest BCUT2D eigenvalue weighted by Crippen LogP contribution is -2.42. The highest BCUT2D eigenvalue weighted by Gasteiger charge is 2.47. The molecule has 7 heteroatoms. The van der Waals surface area contributed by atoms with Gasteiger partial charge in [0.05, 0.1) is 17.9 Å². The van der Waals surface area contributed by atoms with E-state index < -0.39 is 0 Å². The van der Waals surface area contributed by atoms with Crippen molar-refractivity contribution in [1.29, 1.82) is 0 Å². The molecule has 3 aliphatic rings. The maximum atomic E-state index is 12.5. The number of halogens is 1. The van der Waals surface area contributed by atoms with E-state index in [9.17, 15) is 14.4 Å². The van der Waals surface area contributed by atoms with Crippen LogP contribution in [0, 0.1) is 11.8 Å². The van der Waals surface area contributed by atoms with E-state index in [2.05, 4.69) is 5.32 Å². The fraction of sp³-hybridized carbons (Fsp3) is 0.421. The zero-order valence-corrected chi connectivity index (χ0v) is 15.7. The van der Waals surface area contributed by atoms with Crippen molar-refractivity contribution >= 4 is 41.1 Å². The Morgan fingerprint density at radius 3 is 2.58 bits per heavy atom. The van der Waals surface area contributed by atoms with E-state index in [1.54, 1.807) is 11.8 Å². The van der Waals surface area contributed by atoms with Crippen LogP contribution in [0.2, 0.25) is 5.02 Å². The number of hydrogen-bond donors (Lipinski definition) is 1. The fourth-order valence-electron chi connectivity index (χ4n) is 3.92. The fourth-order valence-corrected chi connectivity index (χ4v) is 5.21. The predicted octanol–water partition coefficient (Wildman–Crippen LogP) is 2.94. The summed E-state index contributed by atoms with van der Waals surface area (Å²) in [6, 6.07) is 5.54. The minimum atomic E-state index is -0.305. The van der Waals surface area contributed by atoms with E-state index in [1.807, 2.05) is 30.4 Å². The van der Waals surface area contributed by atoms with Crippen LogP contribution in [0.5, 0.6) is 0 Å². The lowest BCUT2D eigenvalue weighted by molar-refractivity contribution is -0.143. The van der Waals surface area contributed by atoms with Gasteiger partial charge in [-0.1, -0.05) is 23.8 Å². The highest BCUT2D eigenvalue weighted by molar-refractivity contribution is 7.99. The Kier molecular flexibility index (Phi) is 4.80. The second-order valence-corrected chi connectivity index (χ2v) is 8.43. The number of likely N-dealkylation sites (tertiary alicyclic amines) is 1. The second kappa shape index (κ2) is 7.08. The van der Waals surface area contributed by atoms with Crippen molar-refractivity contribution < 1.29 is 14.4 Å². The van der Waals surface area contributed by atoms with E-state index in [0.717, 1.165) is 27.5 Å². The maximum Gasteiger partial charge on any atom is 0.240 e. The van der Waals surface area contributed by atoms with Gasteiger partial charge in [0.15, 0.2) is 0 Å². The van der Waals surface area contributed by atoms with Gasteiger partial charge in [0.2, 0.25) is 17.7 Å². The van der Waals surface area contributed by atoms with Crippen molar-refractivity contribution in [3.63, 3.8) is 0 Å². The second-order valence-electron chi connectivity index (χ2n) is 6.86. The number of amides is 3. The number of benzene rings is 1. The van der Waals surface area contributed by atoms with Crippen LogP contribution in [0.3, 0.4) is 0 Å². The Balaban J connectivity index is 1.45.